The maximum absolute atomic E-state index is 12.2. The fourth-order valence-corrected chi connectivity index (χ4v) is 2.79. The molecule has 1 saturated carbocycles. The van der Waals surface area contributed by atoms with Crippen LogP contribution in [0.15, 0.2) is 24.3 Å². The first kappa shape index (κ1) is 13.6. The Kier molecular flexibility index (Phi) is 3.35. The Hall–Kier alpha value is -2.39. The van der Waals surface area contributed by atoms with Crippen LogP contribution in [0.25, 0.3) is 0 Å². The molecule has 2 atom stereocenters. The third-order valence-electron chi connectivity index (χ3n) is 3.84. The molecule has 1 heterocycles. The monoisotopic (exact) mass is 286 g/mol. The number of aliphatic carboxylic acids is 1. The van der Waals surface area contributed by atoms with Crippen LogP contribution in [-0.4, -0.2) is 40.6 Å². The summed E-state index contributed by atoms with van der Waals surface area (Å²) >= 11 is 0. The van der Waals surface area contributed by atoms with Crippen molar-refractivity contribution in [1.82, 2.24) is 4.90 Å². The van der Waals surface area contributed by atoms with E-state index in [1.807, 2.05) is 0 Å². The number of carboxylic acid groups (broad SMARTS) is 1. The van der Waals surface area contributed by atoms with Crippen molar-refractivity contribution >= 4 is 11.9 Å². The highest BCUT2D eigenvalue weighted by Crippen LogP contribution is 2.40. The first-order chi connectivity index (χ1) is 10.1. The average molecular weight is 286 g/mol. The zero-order valence-corrected chi connectivity index (χ0v) is 11.2. The summed E-state index contributed by atoms with van der Waals surface area (Å²) in [4.78, 5) is 25.2. The lowest BCUT2D eigenvalue weighted by atomic mass is 9.93. The van der Waals surface area contributed by atoms with Crippen LogP contribution in [0, 0.1) is 11.3 Å². The summed E-state index contributed by atoms with van der Waals surface area (Å²) in [6, 6.07) is 8.14. The quantitative estimate of drug-likeness (QED) is 0.897. The molecule has 21 heavy (non-hydrogen) atoms. The number of carbonyl (C=O) groups excluding carboxylic acids is 1. The molecule has 0 bridgehead atoms. The molecule has 3 rings (SSSR count). The molecule has 6 heteroatoms. The van der Waals surface area contributed by atoms with E-state index in [4.69, 9.17) is 4.74 Å². The third-order valence-corrected chi connectivity index (χ3v) is 3.84. The maximum atomic E-state index is 12.2. The zero-order chi connectivity index (χ0) is 15.0. The highest BCUT2D eigenvalue weighted by Gasteiger charge is 2.48. The molecule has 1 N–H and O–H groups in total. The van der Waals surface area contributed by atoms with Gasteiger partial charge in [-0.15, -0.1) is 0 Å². The van der Waals surface area contributed by atoms with E-state index < -0.39 is 18.1 Å². The third kappa shape index (κ3) is 2.36. The van der Waals surface area contributed by atoms with Crippen molar-refractivity contribution in [3.63, 3.8) is 0 Å². The Morgan fingerprint density at radius 3 is 2.71 bits per heavy atom. The largest absolute Gasteiger partial charge is 0.479 e. The molecule has 1 saturated heterocycles. The summed E-state index contributed by atoms with van der Waals surface area (Å²) in [6.45, 7) is -0.224. The molecule has 1 aliphatic carbocycles. The highest BCUT2D eigenvalue weighted by atomic mass is 16.5. The number of nitrogens with zero attached hydrogens (tertiary/aromatic N) is 2. The molecule has 0 aromatic heterocycles. The predicted octanol–water partition coefficient (Wildman–Crippen LogP) is 1.07. The molecule has 2 fully saturated rings. The number of ether oxygens (including phenoxy) is 1. The van der Waals surface area contributed by atoms with Gasteiger partial charge in [0.15, 0.2) is 6.10 Å². The fraction of sp³-hybridized carbons (Fsp3) is 0.400. The van der Waals surface area contributed by atoms with E-state index in [1.165, 1.54) is 0 Å². The molecule has 1 aromatic carbocycles. The van der Waals surface area contributed by atoms with Gasteiger partial charge in [0.2, 0.25) is 5.91 Å². The van der Waals surface area contributed by atoms with E-state index in [-0.39, 0.29) is 18.6 Å². The number of hydrogen-bond donors (Lipinski definition) is 1. The minimum Gasteiger partial charge on any atom is -0.479 e. The summed E-state index contributed by atoms with van der Waals surface area (Å²) in [5.41, 5.74) is 0.907. The van der Waals surface area contributed by atoms with E-state index in [1.54, 1.807) is 29.2 Å². The standard InChI is InChI=1S/C15H14N2O4/c16-7-9-3-1-2-4-11(9)13-14(15(19)20)21-8-12(18)17(13)10-5-6-10/h1-4,10,13-14H,5-6,8H2,(H,19,20). The first-order valence-electron chi connectivity index (χ1n) is 6.78. The minimum atomic E-state index is -1.14. The molecular formula is C15H14N2O4. The van der Waals surface area contributed by atoms with E-state index in [9.17, 15) is 20.0 Å². The number of carbonyl (C=O) groups is 2. The summed E-state index contributed by atoms with van der Waals surface area (Å²) in [5.74, 6) is -1.33. The Balaban J connectivity index is 2.09. The maximum Gasteiger partial charge on any atom is 0.335 e. The van der Waals surface area contributed by atoms with Crippen molar-refractivity contribution in [3.05, 3.63) is 35.4 Å². The normalized spacial score (nSPS) is 25.5. The highest BCUT2D eigenvalue weighted by molar-refractivity contribution is 5.83. The molecule has 1 aliphatic heterocycles. The van der Waals surface area contributed by atoms with Gasteiger partial charge in [0.25, 0.3) is 0 Å². The Bertz CT molecular complexity index is 633. The summed E-state index contributed by atoms with van der Waals surface area (Å²) < 4.78 is 5.23. The Morgan fingerprint density at radius 2 is 2.10 bits per heavy atom. The van der Waals surface area contributed by atoms with E-state index >= 15 is 0 Å². The van der Waals surface area contributed by atoms with Gasteiger partial charge in [-0.25, -0.2) is 4.79 Å². The van der Waals surface area contributed by atoms with Gasteiger partial charge in [-0.3, -0.25) is 4.79 Å². The van der Waals surface area contributed by atoms with Gasteiger partial charge in [-0.1, -0.05) is 18.2 Å². The lowest BCUT2D eigenvalue weighted by Gasteiger charge is -2.40. The summed E-state index contributed by atoms with van der Waals surface area (Å²) in [7, 11) is 0. The number of rotatable bonds is 3. The van der Waals surface area contributed by atoms with Crippen LogP contribution >= 0.6 is 0 Å². The van der Waals surface area contributed by atoms with Crippen molar-refractivity contribution in [2.24, 2.45) is 0 Å². The van der Waals surface area contributed by atoms with Gasteiger partial charge < -0.3 is 14.7 Å². The van der Waals surface area contributed by atoms with Crippen LogP contribution in [0.4, 0.5) is 0 Å². The van der Waals surface area contributed by atoms with Crippen molar-refractivity contribution in [2.45, 2.75) is 31.0 Å². The van der Waals surface area contributed by atoms with Gasteiger partial charge in [-0.2, -0.15) is 5.26 Å². The second-order valence-electron chi connectivity index (χ2n) is 5.25. The van der Waals surface area contributed by atoms with Crippen molar-refractivity contribution in [1.29, 1.82) is 5.26 Å². The second-order valence-corrected chi connectivity index (χ2v) is 5.25. The molecule has 6 nitrogen and oxygen atoms in total. The SMILES string of the molecule is N#Cc1ccccc1C1C(C(=O)O)OCC(=O)N1C1CC1. The average Bonchev–Trinajstić information content (AvgIpc) is 3.31. The lowest BCUT2D eigenvalue weighted by Crippen LogP contribution is -2.52. The van der Waals surface area contributed by atoms with Gasteiger partial charge in [0, 0.05) is 6.04 Å². The predicted molar refractivity (Wildman–Crippen MR) is 71.1 cm³/mol. The molecule has 0 radical (unpaired) electrons. The van der Waals surface area contributed by atoms with Crippen LogP contribution < -0.4 is 0 Å². The second kappa shape index (κ2) is 5.19. The number of nitriles is 1. The van der Waals surface area contributed by atoms with Crippen LogP contribution in [0.3, 0.4) is 0 Å². The zero-order valence-electron chi connectivity index (χ0n) is 11.2. The van der Waals surface area contributed by atoms with Crippen LogP contribution in [0.5, 0.6) is 0 Å². The van der Waals surface area contributed by atoms with E-state index in [0.29, 0.717) is 11.1 Å². The molecule has 1 aromatic rings. The number of carboxylic acids is 1. The minimum absolute atomic E-state index is 0.0556. The summed E-state index contributed by atoms with van der Waals surface area (Å²) in [6.07, 6.45) is 0.588. The van der Waals surface area contributed by atoms with Crippen LogP contribution in [0.2, 0.25) is 0 Å². The van der Waals surface area contributed by atoms with Gasteiger partial charge in [-0.05, 0) is 24.5 Å². The number of morpholine rings is 1. The molecule has 2 aliphatic rings. The Morgan fingerprint density at radius 1 is 1.38 bits per heavy atom. The lowest BCUT2D eigenvalue weighted by molar-refractivity contribution is -0.174. The topological polar surface area (TPSA) is 90.6 Å². The molecule has 108 valence electrons. The smallest absolute Gasteiger partial charge is 0.335 e. The van der Waals surface area contributed by atoms with Crippen molar-refractivity contribution in [2.75, 3.05) is 6.61 Å². The number of benzene rings is 1. The number of hydrogen-bond acceptors (Lipinski definition) is 4. The van der Waals surface area contributed by atoms with Crippen LogP contribution in [-0.2, 0) is 14.3 Å². The first-order valence-corrected chi connectivity index (χ1v) is 6.78. The van der Waals surface area contributed by atoms with E-state index in [0.717, 1.165) is 12.8 Å². The van der Waals surface area contributed by atoms with Gasteiger partial charge in [0.05, 0.1) is 17.7 Å². The molecular weight excluding hydrogens is 272 g/mol. The van der Waals surface area contributed by atoms with E-state index in [2.05, 4.69) is 6.07 Å². The molecule has 0 spiro atoms. The number of amides is 1. The van der Waals surface area contributed by atoms with Gasteiger partial charge >= 0.3 is 5.97 Å². The van der Waals surface area contributed by atoms with Crippen molar-refractivity contribution < 1.29 is 19.4 Å². The van der Waals surface area contributed by atoms with Crippen LogP contribution in [0.1, 0.15) is 30.0 Å². The Labute approximate surface area is 121 Å². The molecule has 2 unspecified atom stereocenters. The molecule has 1 amide bonds. The fourth-order valence-electron chi connectivity index (χ4n) is 2.79. The van der Waals surface area contributed by atoms with Gasteiger partial charge in [0.1, 0.15) is 6.61 Å². The summed E-state index contributed by atoms with van der Waals surface area (Å²) in [5, 5.41) is 18.6. The van der Waals surface area contributed by atoms with Crippen molar-refractivity contribution in [3.8, 4) is 6.07 Å².